The zero-order valence-electron chi connectivity index (χ0n) is 15.7. The highest BCUT2D eigenvalue weighted by atomic mass is 32.2. The Labute approximate surface area is 168 Å². The second-order valence-electron chi connectivity index (χ2n) is 5.80. The maximum atomic E-state index is 7.12. The van der Waals surface area contributed by atoms with E-state index in [1.165, 1.54) is 18.2 Å². The molecule has 0 amide bonds. The van der Waals surface area contributed by atoms with E-state index in [4.69, 9.17) is 14.9 Å². The Hall–Kier alpha value is -3.03. The van der Waals surface area contributed by atoms with Gasteiger partial charge >= 0.3 is 0 Å². The molecule has 0 bridgehead atoms. The first-order valence-corrected chi connectivity index (χ1v) is 9.53. The fraction of sp³-hybridized carbons (Fsp3) is 0.143. The van der Waals surface area contributed by atoms with Crippen molar-refractivity contribution in [1.29, 1.82) is 5.41 Å². The first-order valence-electron chi connectivity index (χ1n) is 8.71. The van der Waals surface area contributed by atoms with Crippen LogP contribution in [0.1, 0.15) is 0 Å². The minimum Gasteiger partial charge on any atom is -0.497 e. The number of nitrogens with one attached hydrogen (secondary N) is 3. The predicted molar refractivity (Wildman–Crippen MR) is 115 cm³/mol. The maximum Gasteiger partial charge on any atom is 0.138 e. The third kappa shape index (κ3) is 5.03. The van der Waals surface area contributed by atoms with Gasteiger partial charge in [0.2, 0.25) is 0 Å². The third-order valence-corrected chi connectivity index (χ3v) is 4.82. The molecular weight excluding hydrogens is 372 g/mol. The average Bonchev–Trinajstić information content (AvgIpc) is 2.74. The summed E-state index contributed by atoms with van der Waals surface area (Å²) in [6, 6.07) is 15.5. The Morgan fingerprint density at radius 3 is 2.64 bits per heavy atom. The molecule has 1 aromatic heterocycles. The average molecular weight is 395 g/mol. The predicted octanol–water partition coefficient (Wildman–Crippen LogP) is 4.39. The van der Waals surface area contributed by atoms with Crippen molar-refractivity contribution >= 4 is 29.1 Å². The van der Waals surface area contributed by atoms with Gasteiger partial charge in [0.05, 0.1) is 12.6 Å². The maximum absolute atomic E-state index is 7.12. The van der Waals surface area contributed by atoms with Crippen molar-refractivity contribution in [3.05, 3.63) is 66.5 Å². The molecule has 3 N–H and O–H groups in total. The molecule has 28 heavy (non-hydrogen) atoms. The van der Waals surface area contributed by atoms with Crippen molar-refractivity contribution in [3.8, 4) is 17.2 Å². The van der Waals surface area contributed by atoms with Gasteiger partial charge in [0.1, 0.15) is 17.2 Å². The molecule has 3 rings (SSSR count). The second-order valence-corrected chi connectivity index (χ2v) is 6.76. The van der Waals surface area contributed by atoms with Gasteiger partial charge in [-0.05, 0) is 60.5 Å². The lowest BCUT2D eigenvalue weighted by atomic mass is 10.2. The van der Waals surface area contributed by atoms with E-state index in [9.17, 15) is 0 Å². The van der Waals surface area contributed by atoms with E-state index in [0.29, 0.717) is 6.54 Å². The van der Waals surface area contributed by atoms with Crippen molar-refractivity contribution in [2.45, 2.75) is 4.90 Å². The molecule has 2 aromatic carbocycles. The lowest BCUT2D eigenvalue weighted by Gasteiger charge is -2.10. The summed E-state index contributed by atoms with van der Waals surface area (Å²) in [5.74, 6) is 2.27. The van der Waals surface area contributed by atoms with Crippen molar-refractivity contribution in [3.63, 3.8) is 0 Å². The van der Waals surface area contributed by atoms with Crippen LogP contribution < -0.4 is 19.5 Å². The molecule has 0 unspecified atom stereocenters. The van der Waals surface area contributed by atoms with Gasteiger partial charge in [-0.3, -0.25) is 9.71 Å². The van der Waals surface area contributed by atoms with Crippen LogP contribution in [0.5, 0.6) is 17.2 Å². The van der Waals surface area contributed by atoms with Crippen LogP contribution in [0, 0.1) is 5.41 Å². The molecule has 0 aliphatic heterocycles. The molecule has 0 saturated heterocycles. The number of pyridine rings is 1. The SMILES string of the molecule is CN/C(=C\C=N)CNSc1ccc(Oc2ccnc3cc(OC)ccc23)cc1. The Balaban J connectivity index is 1.65. The third-order valence-electron chi connectivity index (χ3n) is 4.02. The molecule has 0 saturated carbocycles. The molecule has 3 aromatic rings. The Morgan fingerprint density at radius 2 is 1.93 bits per heavy atom. The number of ether oxygens (including phenoxy) is 2. The molecule has 0 fully saturated rings. The summed E-state index contributed by atoms with van der Waals surface area (Å²) in [6.45, 7) is 0.640. The topological polar surface area (TPSA) is 79.3 Å². The zero-order chi connectivity index (χ0) is 19.8. The summed E-state index contributed by atoms with van der Waals surface area (Å²) in [5.41, 5.74) is 1.77. The summed E-state index contributed by atoms with van der Waals surface area (Å²) in [7, 11) is 3.48. The normalized spacial score (nSPS) is 11.3. The number of aromatic nitrogens is 1. The highest BCUT2D eigenvalue weighted by Gasteiger charge is 2.06. The molecule has 7 heteroatoms. The molecule has 0 atom stereocenters. The summed E-state index contributed by atoms with van der Waals surface area (Å²) < 4.78 is 14.6. The fourth-order valence-electron chi connectivity index (χ4n) is 2.55. The number of likely N-dealkylation sites (N-methyl/N-ethyl adjacent to an activating group) is 1. The largest absolute Gasteiger partial charge is 0.497 e. The van der Waals surface area contributed by atoms with Crippen LogP contribution in [0.15, 0.2) is 71.4 Å². The number of rotatable bonds is 9. The van der Waals surface area contributed by atoms with Crippen LogP contribution in [0.3, 0.4) is 0 Å². The van der Waals surface area contributed by atoms with Gasteiger partial charge in [-0.1, -0.05) is 0 Å². The van der Waals surface area contributed by atoms with Gasteiger partial charge in [-0.15, -0.1) is 0 Å². The molecule has 0 spiro atoms. The summed E-state index contributed by atoms with van der Waals surface area (Å²) >= 11 is 1.53. The lowest BCUT2D eigenvalue weighted by molar-refractivity contribution is 0.415. The van der Waals surface area contributed by atoms with Crippen molar-refractivity contribution in [2.75, 3.05) is 20.7 Å². The molecule has 6 nitrogen and oxygen atoms in total. The molecule has 0 aliphatic carbocycles. The smallest absolute Gasteiger partial charge is 0.138 e. The Morgan fingerprint density at radius 1 is 1.14 bits per heavy atom. The van der Waals surface area contributed by atoms with Crippen molar-refractivity contribution in [2.24, 2.45) is 0 Å². The lowest BCUT2D eigenvalue weighted by Crippen LogP contribution is -2.18. The second kappa shape index (κ2) is 9.77. The highest BCUT2D eigenvalue weighted by molar-refractivity contribution is 7.97. The monoisotopic (exact) mass is 394 g/mol. The van der Waals surface area contributed by atoms with E-state index in [-0.39, 0.29) is 0 Å². The number of benzene rings is 2. The van der Waals surface area contributed by atoms with Crippen molar-refractivity contribution in [1.82, 2.24) is 15.0 Å². The first-order chi connectivity index (χ1) is 13.7. The van der Waals surface area contributed by atoms with E-state index < -0.39 is 0 Å². The summed E-state index contributed by atoms with van der Waals surface area (Å²) in [5, 5.41) is 11.1. The minimum atomic E-state index is 0.640. The van der Waals surface area contributed by atoms with E-state index in [2.05, 4.69) is 15.0 Å². The quantitative estimate of drug-likeness (QED) is 0.369. The van der Waals surface area contributed by atoms with E-state index in [0.717, 1.165) is 38.7 Å². The van der Waals surface area contributed by atoms with Gasteiger partial charge < -0.3 is 20.2 Å². The van der Waals surface area contributed by atoms with E-state index >= 15 is 0 Å². The van der Waals surface area contributed by atoms with Crippen molar-refractivity contribution < 1.29 is 9.47 Å². The van der Waals surface area contributed by atoms with Crippen LogP contribution in [0.4, 0.5) is 0 Å². The number of methoxy groups -OCH3 is 1. The highest BCUT2D eigenvalue weighted by Crippen LogP contribution is 2.31. The Kier molecular flexibility index (Phi) is 6.89. The number of nitrogens with zero attached hydrogens (tertiary/aromatic N) is 1. The van der Waals surface area contributed by atoms with Crippen LogP contribution >= 0.6 is 11.9 Å². The number of hydrogen-bond donors (Lipinski definition) is 3. The molecule has 1 heterocycles. The van der Waals surface area contributed by atoms with Gasteiger partial charge in [0.15, 0.2) is 0 Å². The van der Waals surface area contributed by atoms with E-state index in [1.807, 2.05) is 55.6 Å². The van der Waals surface area contributed by atoms with Gasteiger partial charge in [0.25, 0.3) is 0 Å². The van der Waals surface area contributed by atoms with E-state index in [1.54, 1.807) is 19.4 Å². The zero-order valence-corrected chi connectivity index (χ0v) is 16.5. The van der Waals surface area contributed by atoms with Gasteiger partial charge in [-0.25, -0.2) is 0 Å². The minimum absolute atomic E-state index is 0.640. The molecule has 144 valence electrons. The number of fused-ring (bicyclic) bond motifs is 1. The van der Waals surface area contributed by atoms with Crippen LogP contribution in [0.2, 0.25) is 0 Å². The number of allylic oxidation sites excluding steroid dienone is 1. The summed E-state index contributed by atoms with van der Waals surface area (Å²) in [4.78, 5) is 5.45. The first kappa shape index (κ1) is 19.7. The standard InChI is InChI=1S/C21H22N4O2S/c1-23-15(9-11-22)14-25-28-18-6-3-16(4-7-18)27-21-10-12-24-20-13-17(26-2)5-8-19(20)21/h3-13,22-23,25H,14H2,1-2H3/b15-9-,22-11?. The molecule has 0 radical (unpaired) electrons. The van der Waals surface area contributed by atoms with Crippen LogP contribution in [-0.2, 0) is 0 Å². The molecular formula is C21H22N4O2S. The van der Waals surface area contributed by atoms with Gasteiger partial charge in [-0.2, -0.15) is 0 Å². The fourth-order valence-corrected chi connectivity index (χ4v) is 3.22. The van der Waals surface area contributed by atoms with Crippen LogP contribution in [0.25, 0.3) is 10.9 Å². The molecule has 0 aliphatic rings. The van der Waals surface area contributed by atoms with Gasteiger partial charge in [0, 0.05) is 48.0 Å². The number of hydrogen-bond acceptors (Lipinski definition) is 7. The summed E-state index contributed by atoms with van der Waals surface area (Å²) in [6.07, 6.45) is 4.72. The Bertz CT molecular complexity index is 974. The van der Waals surface area contributed by atoms with Crippen LogP contribution in [-0.4, -0.2) is 31.9 Å².